The number of nitrogens with one attached hydrogen (secondary N) is 1. The van der Waals surface area contributed by atoms with Gasteiger partial charge in [0, 0.05) is 38.9 Å². The lowest BCUT2D eigenvalue weighted by Gasteiger charge is -2.43. The number of nitrogens with zero attached hydrogens (tertiary/aromatic N) is 3. The van der Waals surface area contributed by atoms with Crippen LogP contribution in [0.2, 0.25) is 0 Å². The van der Waals surface area contributed by atoms with E-state index < -0.39 is 5.54 Å². The van der Waals surface area contributed by atoms with Gasteiger partial charge >= 0.3 is 0 Å². The highest BCUT2D eigenvalue weighted by Crippen LogP contribution is 2.30. The number of anilines is 1. The molecular weight excluding hydrogens is 332 g/mol. The minimum Gasteiger partial charge on any atom is -0.497 e. The summed E-state index contributed by atoms with van der Waals surface area (Å²) in [6, 6.07) is 7.57. The molecule has 7 nitrogen and oxygen atoms in total. The van der Waals surface area contributed by atoms with Crippen molar-refractivity contribution in [2.45, 2.75) is 18.4 Å². The number of rotatable bonds is 6. The maximum atomic E-state index is 13.0. The van der Waals surface area contributed by atoms with Crippen molar-refractivity contribution in [1.82, 2.24) is 14.7 Å². The van der Waals surface area contributed by atoms with Gasteiger partial charge in [-0.05, 0) is 39.1 Å². The lowest BCUT2D eigenvalue weighted by Crippen LogP contribution is -2.59. The molecular formula is C19H30N4O3. The Bertz CT molecular complexity index is 637. The summed E-state index contributed by atoms with van der Waals surface area (Å²) in [6.45, 7) is 1.50. The number of likely N-dealkylation sites (N-methyl/N-ethyl adjacent to an activating group) is 2. The maximum Gasteiger partial charge on any atom is 0.247 e. The molecule has 0 saturated carbocycles. The van der Waals surface area contributed by atoms with E-state index in [0.29, 0.717) is 32.5 Å². The number of hydrogen-bond donors (Lipinski definition) is 1. The van der Waals surface area contributed by atoms with Crippen molar-refractivity contribution >= 4 is 17.5 Å². The van der Waals surface area contributed by atoms with Crippen molar-refractivity contribution in [2.24, 2.45) is 0 Å². The van der Waals surface area contributed by atoms with Crippen LogP contribution in [0.15, 0.2) is 24.3 Å². The summed E-state index contributed by atoms with van der Waals surface area (Å²) in [4.78, 5) is 30.6. The van der Waals surface area contributed by atoms with Crippen LogP contribution in [0.1, 0.15) is 12.8 Å². The van der Waals surface area contributed by atoms with Gasteiger partial charge in [-0.3, -0.25) is 9.59 Å². The van der Waals surface area contributed by atoms with E-state index in [1.165, 1.54) is 0 Å². The van der Waals surface area contributed by atoms with Gasteiger partial charge in [-0.1, -0.05) is 6.07 Å². The van der Waals surface area contributed by atoms with Crippen LogP contribution in [0.25, 0.3) is 0 Å². The van der Waals surface area contributed by atoms with Crippen molar-refractivity contribution in [1.29, 1.82) is 0 Å². The summed E-state index contributed by atoms with van der Waals surface area (Å²) in [5.74, 6) is 0.864. The Morgan fingerprint density at radius 1 is 1.19 bits per heavy atom. The van der Waals surface area contributed by atoms with Crippen LogP contribution >= 0.6 is 0 Å². The quantitative estimate of drug-likeness (QED) is 0.822. The third kappa shape index (κ3) is 4.66. The first-order chi connectivity index (χ1) is 12.3. The summed E-state index contributed by atoms with van der Waals surface area (Å²) in [7, 11) is 8.91. The normalized spacial score (nSPS) is 16.3. The highest BCUT2D eigenvalue weighted by molar-refractivity contribution is 5.90. The minimum atomic E-state index is -0.717. The molecule has 2 rings (SSSR count). The molecule has 1 aromatic rings. The number of likely N-dealkylation sites (tertiary alicyclic amines) is 1. The monoisotopic (exact) mass is 362 g/mol. The Hall–Kier alpha value is -2.28. The molecule has 1 heterocycles. The molecule has 1 fully saturated rings. The lowest BCUT2D eigenvalue weighted by atomic mass is 9.85. The first-order valence-electron chi connectivity index (χ1n) is 8.84. The third-order valence-corrected chi connectivity index (χ3v) is 4.69. The number of hydrogen-bond acceptors (Lipinski definition) is 5. The molecule has 144 valence electrons. The van der Waals surface area contributed by atoms with E-state index in [1.54, 1.807) is 26.1 Å². The number of amides is 2. The fourth-order valence-corrected chi connectivity index (χ4v) is 3.31. The number of carbonyl (C=O) groups excluding carboxylic acids is 2. The summed E-state index contributed by atoms with van der Waals surface area (Å²) < 4.78 is 5.28. The van der Waals surface area contributed by atoms with Crippen molar-refractivity contribution in [2.75, 3.05) is 60.3 Å². The molecule has 0 aliphatic carbocycles. The maximum absolute atomic E-state index is 13.0. The SMILES string of the molecule is COc1cccc(NC2(C(=O)N(C)C)CCN(C(=O)CN(C)C)CC2)c1. The van der Waals surface area contributed by atoms with Gasteiger partial charge in [-0.15, -0.1) is 0 Å². The van der Waals surface area contributed by atoms with Crippen molar-refractivity contribution in [3.63, 3.8) is 0 Å². The summed E-state index contributed by atoms with van der Waals surface area (Å²) in [6.07, 6.45) is 1.14. The zero-order valence-corrected chi connectivity index (χ0v) is 16.4. The van der Waals surface area contributed by atoms with Gasteiger partial charge < -0.3 is 24.8 Å². The predicted molar refractivity (Wildman–Crippen MR) is 102 cm³/mol. The first-order valence-corrected chi connectivity index (χ1v) is 8.84. The van der Waals surface area contributed by atoms with E-state index in [2.05, 4.69) is 5.32 Å². The first kappa shape index (κ1) is 20.0. The summed E-state index contributed by atoms with van der Waals surface area (Å²) >= 11 is 0. The Morgan fingerprint density at radius 2 is 1.85 bits per heavy atom. The van der Waals surface area contributed by atoms with Gasteiger partial charge in [-0.25, -0.2) is 0 Å². The molecule has 1 N–H and O–H groups in total. The van der Waals surface area contributed by atoms with Crippen LogP contribution in [0.3, 0.4) is 0 Å². The number of benzene rings is 1. The molecule has 0 atom stereocenters. The fraction of sp³-hybridized carbons (Fsp3) is 0.579. The molecule has 1 aliphatic heterocycles. The van der Waals surface area contributed by atoms with Gasteiger partial charge in [0.1, 0.15) is 11.3 Å². The molecule has 1 aromatic carbocycles. The molecule has 2 amide bonds. The van der Waals surface area contributed by atoms with Crippen molar-refractivity contribution in [3.05, 3.63) is 24.3 Å². The highest BCUT2D eigenvalue weighted by Gasteiger charge is 2.43. The smallest absolute Gasteiger partial charge is 0.247 e. The molecule has 0 unspecified atom stereocenters. The third-order valence-electron chi connectivity index (χ3n) is 4.69. The van der Waals surface area contributed by atoms with Crippen LogP contribution in [0.4, 0.5) is 5.69 Å². The zero-order chi connectivity index (χ0) is 19.3. The number of piperidine rings is 1. The standard InChI is InChI=1S/C19H30N4O3/c1-21(2)14-17(24)23-11-9-19(10-12-23,18(25)22(3)4)20-15-7-6-8-16(13-15)26-5/h6-8,13,20H,9-12,14H2,1-5H3. The Labute approximate surface area is 155 Å². The van der Waals surface area contributed by atoms with E-state index in [9.17, 15) is 9.59 Å². The van der Waals surface area contributed by atoms with Crippen molar-refractivity contribution in [3.8, 4) is 5.75 Å². The van der Waals surface area contributed by atoms with Gasteiger partial charge in [0.15, 0.2) is 0 Å². The van der Waals surface area contributed by atoms with Crippen LogP contribution in [-0.4, -0.2) is 87.0 Å². The van der Waals surface area contributed by atoms with Crippen LogP contribution in [-0.2, 0) is 9.59 Å². The number of carbonyl (C=O) groups is 2. The van der Waals surface area contributed by atoms with Gasteiger partial charge in [0.2, 0.25) is 11.8 Å². The Balaban J connectivity index is 2.17. The highest BCUT2D eigenvalue weighted by atomic mass is 16.5. The van der Waals surface area contributed by atoms with E-state index in [-0.39, 0.29) is 11.8 Å². The Morgan fingerprint density at radius 3 is 2.38 bits per heavy atom. The average molecular weight is 362 g/mol. The molecule has 1 saturated heterocycles. The zero-order valence-electron chi connectivity index (χ0n) is 16.4. The molecule has 0 bridgehead atoms. The van der Waals surface area contributed by atoms with E-state index in [1.807, 2.05) is 48.2 Å². The topological polar surface area (TPSA) is 65.1 Å². The van der Waals surface area contributed by atoms with Gasteiger partial charge in [0.25, 0.3) is 0 Å². The van der Waals surface area contributed by atoms with E-state index >= 15 is 0 Å². The molecule has 1 aliphatic rings. The number of methoxy groups -OCH3 is 1. The van der Waals surface area contributed by atoms with Crippen LogP contribution in [0, 0.1) is 0 Å². The van der Waals surface area contributed by atoms with Gasteiger partial charge in [-0.2, -0.15) is 0 Å². The second kappa shape index (κ2) is 8.40. The van der Waals surface area contributed by atoms with Crippen LogP contribution in [0.5, 0.6) is 5.75 Å². The fourth-order valence-electron chi connectivity index (χ4n) is 3.31. The summed E-state index contributed by atoms with van der Waals surface area (Å²) in [5.41, 5.74) is 0.123. The molecule has 26 heavy (non-hydrogen) atoms. The predicted octanol–water partition coefficient (Wildman–Crippen LogP) is 1.12. The van der Waals surface area contributed by atoms with Crippen LogP contribution < -0.4 is 10.1 Å². The molecule has 7 heteroatoms. The van der Waals surface area contributed by atoms with E-state index in [0.717, 1.165) is 11.4 Å². The summed E-state index contributed by atoms with van der Waals surface area (Å²) in [5, 5.41) is 3.43. The van der Waals surface area contributed by atoms with E-state index in [4.69, 9.17) is 4.74 Å². The van der Waals surface area contributed by atoms with Gasteiger partial charge in [0.05, 0.1) is 13.7 Å². The molecule has 0 radical (unpaired) electrons. The minimum absolute atomic E-state index is 0.0278. The molecule has 0 spiro atoms. The van der Waals surface area contributed by atoms with Crippen molar-refractivity contribution < 1.29 is 14.3 Å². The number of ether oxygens (including phenoxy) is 1. The lowest BCUT2D eigenvalue weighted by molar-refractivity contribution is -0.139. The average Bonchev–Trinajstić information content (AvgIpc) is 2.61. The Kier molecular flexibility index (Phi) is 6.47. The second-order valence-electron chi connectivity index (χ2n) is 7.26. The second-order valence-corrected chi connectivity index (χ2v) is 7.26. The largest absolute Gasteiger partial charge is 0.497 e. The molecule has 0 aromatic heterocycles.